The maximum Gasteiger partial charge on any atom is 0.272 e. The zero-order chi connectivity index (χ0) is 22.9. The molecule has 172 valence electrons. The highest BCUT2D eigenvalue weighted by molar-refractivity contribution is 5.92. The van der Waals surface area contributed by atoms with Crippen LogP contribution < -0.4 is 5.32 Å². The Morgan fingerprint density at radius 2 is 1.88 bits per heavy atom. The molecule has 2 aromatic heterocycles. The minimum Gasteiger partial charge on any atom is -0.347 e. The fraction of sp³-hybridized carbons (Fsp3) is 0.458. The Morgan fingerprint density at radius 1 is 1.12 bits per heavy atom. The number of aryl methyl sites for hydroxylation is 2. The average molecular weight is 449 g/mol. The summed E-state index contributed by atoms with van der Waals surface area (Å²) in [6.45, 7) is 3.52. The summed E-state index contributed by atoms with van der Waals surface area (Å²) in [6, 6.07) is 11.1. The number of nitrogens with zero attached hydrogens (tertiary/aromatic N) is 5. The van der Waals surface area contributed by atoms with Gasteiger partial charge in [0.05, 0.1) is 5.92 Å². The van der Waals surface area contributed by atoms with Crippen molar-refractivity contribution in [3.05, 3.63) is 53.7 Å². The van der Waals surface area contributed by atoms with Crippen molar-refractivity contribution in [2.75, 3.05) is 13.1 Å². The fourth-order valence-corrected chi connectivity index (χ4v) is 4.87. The van der Waals surface area contributed by atoms with E-state index in [1.807, 2.05) is 42.2 Å². The molecule has 1 saturated carbocycles. The normalized spacial score (nSPS) is 22.6. The van der Waals surface area contributed by atoms with Crippen molar-refractivity contribution in [3.63, 3.8) is 0 Å². The van der Waals surface area contributed by atoms with Crippen molar-refractivity contribution >= 4 is 11.8 Å². The number of likely N-dealkylation sites (tertiary alicyclic amines) is 1. The Labute approximate surface area is 192 Å². The molecule has 2 aliphatic rings. The Hall–Kier alpha value is -3.49. The lowest BCUT2D eigenvalue weighted by molar-refractivity contribution is -0.134. The quantitative estimate of drug-likeness (QED) is 0.643. The van der Waals surface area contributed by atoms with Gasteiger partial charge < -0.3 is 14.7 Å². The predicted octanol–water partition coefficient (Wildman–Crippen LogP) is 2.69. The monoisotopic (exact) mass is 448 g/mol. The Balaban J connectivity index is 1.39. The van der Waals surface area contributed by atoms with Crippen LogP contribution in [-0.2, 0) is 11.8 Å². The van der Waals surface area contributed by atoms with Gasteiger partial charge in [0, 0.05) is 43.4 Å². The molecule has 1 aliphatic heterocycles. The second kappa shape index (κ2) is 8.80. The van der Waals surface area contributed by atoms with Gasteiger partial charge in [0.25, 0.3) is 5.91 Å². The van der Waals surface area contributed by atoms with Gasteiger partial charge in [-0.25, -0.2) is 0 Å². The van der Waals surface area contributed by atoms with Crippen LogP contribution in [0.2, 0.25) is 0 Å². The summed E-state index contributed by atoms with van der Waals surface area (Å²) in [5.41, 5.74) is 2.12. The molecule has 3 atom stereocenters. The lowest BCUT2D eigenvalue weighted by atomic mass is 10.0. The molecule has 1 aromatic carbocycles. The highest BCUT2D eigenvalue weighted by Crippen LogP contribution is 2.40. The first-order valence-electron chi connectivity index (χ1n) is 11.5. The average Bonchev–Trinajstić information content (AvgIpc) is 3.62. The van der Waals surface area contributed by atoms with E-state index in [1.165, 1.54) is 0 Å². The molecule has 1 saturated heterocycles. The summed E-state index contributed by atoms with van der Waals surface area (Å²) in [5, 5.41) is 11.5. The molecular weight excluding hydrogens is 420 g/mol. The fourth-order valence-electron chi connectivity index (χ4n) is 4.87. The van der Waals surface area contributed by atoms with E-state index in [-0.39, 0.29) is 29.7 Å². The molecule has 2 amide bonds. The first-order valence-corrected chi connectivity index (χ1v) is 11.5. The first-order chi connectivity index (χ1) is 16.0. The maximum atomic E-state index is 13.1. The number of nitrogens with one attached hydrogen (secondary N) is 1. The summed E-state index contributed by atoms with van der Waals surface area (Å²) >= 11 is 0. The molecule has 3 heterocycles. The highest BCUT2D eigenvalue weighted by Gasteiger charge is 2.44. The second-order valence-corrected chi connectivity index (χ2v) is 9.00. The predicted molar refractivity (Wildman–Crippen MR) is 120 cm³/mol. The third kappa shape index (κ3) is 4.27. The molecule has 1 aliphatic carbocycles. The van der Waals surface area contributed by atoms with Crippen LogP contribution in [0.5, 0.6) is 0 Å². The van der Waals surface area contributed by atoms with Crippen LogP contribution in [0, 0.1) is 12.8 Å². The number of carbonyl (C=O) groups excluding carboxylic acids is 2. The number of benzene rings is 1. The lowest BCUT2D eigenvalue weighted by Crippen LogP contribution is -2.38. The maximum absolute atomic E-state index is 13.1. The van der Waals surface area contributed by atoms with Gasteiger partial charge in [-0.3, -0.25) is 14.3 Å². The molecule has 9 heteroatoms. The molecule has 9 nitrogen and oxygen atoms in total. The number of hydrogen-bond acceptors (Lipinski definition) is 6. The minimum atomic E-state index is -0.291. The van der Waals surface area contributed by atoms with Crippen LogP contribution in [0.1, 0.15) is 53.7 Å². The van der Waals surface area contributed by atoms with Crippen LogP contribution in [0.25, 0.3) is 11.4 Å². The summed E-state index contributed by atoms with van der Waals surface area (Å²) in [7, 11) is 1.80. The van der Waals surface area contributed by atoms with E-state index in [1.54, 1.807) is 17.8 Å². The van der Waals surface area contributed by atoms with Crippen LogP contribution in [0.3, 0.4) is 0 Å². The van der Waals surface area contributed by atoms with Crippen LogP contribution in [0.15, 0.2) is 40.9 Å². The standard InChI is InChI=1S/C24H28N6O3/c1-15-12-20(27-29(15)2)22(31)25-19-14-17(24(32)30-10-6-7-11-30)13-18(19)23-26-21(28-33-23)16-8-4-3-5-9-16/h3-5,8-9,12,17-19H,6-7,10-11,13-14H2,1-2H3,(H,25,31)/t17-,18-,19+/m1/s1. The molecule has 3 aromatic rings. The minimum absolute atomic E-state index is 0.158. The number of amides is 2. The van der Waals surface area contributed by atoms with E-state index in [0.717, 1.165) is 37.2 Å². The van der Waals surface area contributed by atoms with Gasteiger partial charge in [0.15, 0.2) is 0 Å². The van der Waals surface area contributed by atoms with Crippen molar-refractivity contribution in [2.24, 2.45) is 13.0 Å². The topological polar surface area (TPSA) is 106 Å². The lowest BCUT2D eigenvalue weighted by Gasteiger charge is -2.20. The molecule has 33 heavy (non-hydrogen) atoms. The van der Waals surface area contributed by atoms with Gasteiger partial charge in [-0.15, -0.1) is 0 Å². The summed E-state index contributed by atoms with van der Waals surface area (Å²) < 4.78 is 7.31. The molecule has 5 rings (SSSR count). The molecule has 0 unspecified atom stereocenters. The third-order valence-electron chi connectivity index (χ3n) is 6.78. The van der Waals surface area contributed by atoms with Gasteiger partial charge in [-0.2, -0.15) is 10.1 Å². The largest absolute Gasteiger partial charge is 0.347 e. The van der Waals surface area contributed by atoms with E-state index >= 15 is 0 Å². The van der Waals surface area contributed by atoms with Crippen LogP contribution in [-0.4, -0.2) is 55.8 Å². The number of rotatable bonds is 5. The van der Waals surface area contributed by atoms with Crippen LogP contribution >= 0.6 is 0 Å². The Bertz CT molecular complexity index is 1130. The summed E-state index contributed by atoms with van der Waals surface area (Å²) in [5.74, 6) is 0.436. The zero-order valence-electron chi connectivity index (χ0n) is 18.9. The third-order valence-corrected chi connectivity index (χ3v) is 6.78. The molecule has 1 N–H and O–H groups in total. The van der Waals surface area contributed by atoms with Gasteiger partial charge in [0.1, 0.15) is 5.69 Å². The number of carbonyl (C=O) groups is 2. The molecular formula is C24H28N6O3. The summed E-state index contributed by atoms with van der Waals surface area (Å²) in [4.78, 5) is 32.7. The smallest absolute Gasteiger partial charge is 0.272 e. The van der Waals surface area contributed by atoms with Crippen molar-refractivity contribution in [2.45, 2.75) is 44.6 Å². The molecule has 2 fully saturated rings. The van der Waals surface area contributed by atoms with E-state index in [4.69, 9.17) is 4.52 Å². The SMILES string of the molecule is Cc1cc(C(=O)N[C@H]2C[C@H](C(=O)N3CCCC3)C[C@H]2c2nc(-c3ccccc3)no2)nn1C. The highest BCUT2D eigenvalue weighted by atomic mass is 16.5. The van der Waals surface area contributed by atoms with E-state index in [9.17, 15) is 9.59 Å². The summed E-state index contributed by atoms with van der Waals surface area (Å²) in [6.07, 6.45) is 3.20. The van der Waals surface area contributed by atoms with Crippen molar-refractivity contribution < 1.29 is 14.1 Å². The van der Waals surface area contributed by atoms with Gasteiger partial charge in [-0.05, 0) is 38.7 Å². The van der Waals surface area contributed by atoms with Crippen molar-refractivity contribution in [1.82, 2.24) is 30.1 Å². The first kappa shape index (κ1) is 21.4. The van der Waals surface area contributed by atoms with Gasteiger partial charge >= 0.3 is 0 Å². The van der Waals surface area contributed by atoms with Gasteiger partial charge in [0.2, 0.25) is 17.6 Å². The van der Waals surface area contributed by atoms with Crippen LogP contribution in [0.4, 0.5) is 0 Å². The van der Waals surface area contributed by atoms with Crippen molar-refractivity contribution in [1.29, 1.82) is 0 Å². The zero-order valence-corrected chi connectivity index (χ0v) is 18.9. The molecule has 0 bridgehead atoms. The van der Waals surface area contributed by atoms with E-state index in [0.29, 0.717) is 30.3 Å². The van der Waals surface area contributed by atoms with E-state index < -0.39 is 0 Å². The Morgan fingerprint density at radius 3 is 2.58 bits per heavy atom. The van der Waals surface area contributed by atoms with E-state index in [2.05, 4.69) is 20.6 Å². The number of aromatic nitrogens is 4. The number of hydrogen-bond donors (Lipinski definition) is 1. The molecule has 0 spiro atoms. The second-order valence-electron chi connectivity index (χ2n) is 9.00. The van der Waals surface area contributed by atoms with Gasteiger partial charge in [-0.1, -0.05) is 35.5 Å². The Kier molecular flexibility index (Phi) is 5.70. The molecule has 0 radical (unpaired) electrons. The van der Waals surface area contributed by atoms with Crippen molar-refractivity contribution in [3.8, 4) is 11.4 Å².